The number of halogens is 1. The number of furan rings is 1. The van der Waals surface area contributed by atoms with Crippen LogP contribution in [0.15, 0.2) is 47.1 Å². The number of aryl methyl sites for hydroxylation is 1. The molecule has 0 amide bonds. The van der Waals surface area contributed by atoms with Crippen molar-refractivity contribution >= 4 is 37.7 Å². The summed E-state index contributed by atoms with van der Waals surface area (Å²) in [6, 6.07) is 12.6. The van der Waals surface area contributed by atoms with E-state index in [2.05, 4.69) is 52.3 Å². The van der Waals surface area contributed by atoms with Crippen molar-refractivity contribution in [3.05, 3.63) is 48.2 Å². The molecule has 1 heterocycles. The van der Waals surface area contributed by atoms with Gasteiger partial charge in [0.05, 0.1) is 6.26 Å². The van der Waals surface area contributed by atoms with Crippen molar-refractivity contribution in [2.24, 2.45) is 0 Å². The zero-order valence-corrected chi connectivity index (χ0v) is 10.3. The standard InChI is InChI=1S/C14H11BrO/c15-8-7-11-9-16-13-6-5-10-3-1-2-4-12(10)14(11)13/h1-6,9H,7-8H2. The molecule has 0 saturated heterocycles. The SMILES string of the molecule is BrCCc1coc2ccc3ccccc3c12. The van der Waals surface area contributed by atoms with E-state index in [0.717, 1.165) is 17.3 Å². The molecule has 16 heavy (non-hydrogen) atoms. The Morgan fingerprint density at radius 1 is 1.06 bits per heavy atom. The Balaban J connectivity index is 2.42. The van der Waals surface area contributed by atoms with Gasteiger partial charge in [-0.3, -0.25) is 0 Å². The molecule has 3 aromatic rings. The van der Waals surface area contributed by atoms with Gasteiger partial charge in [0.15, 0.2) is 0 Å². The monoisotopic (exact) mass is 274 g/mol. The van der Waals surface area contributed by atoms with Crippen LogP contribution in [0.3, 0.4) is 0 Å². The normalized spacial score (nSPS) is 11.3. The average Bonchev–Trinajstić information content (AvgIpc) is 2.73. The first-order valence-corrected chi connectivity index (χ1v) is 6.46. The predicted molar refractivity (Wildman–Crippen MR) is 71.2 cm³/mol. The molecule has 0 fully saturated rings. The fourth-order valence-electron chi connectivity index (χ4n) is 2.16. The molecule has 3 rings (SSSR count). The van der Waals surface area contributed by atoms with Gasteiger partial charge < -0.3 is 4.42 Å². The van der Waals surface area contributed by atoms with E-state index in [4.69, 9.17) is 4.42 Å². The molecule has 80 valence electrons. The Kier molecular flexibility index (Phi) is 2.44. The number of rotatable bonds is 2. The Morgan fingerprint density at radius 2 is 1.94 bits per heavy atom. The summed E-state index contributed by atoms with van der Waals surface area (Å²) in [5.41, 5.74) is 2.26. The van der Waals surface area contributed by atoms with E-state index in [-0.39, 0.29) is 0 Å². The van der Waals surface area contributed by atoms with Crippen LogP contribution < -0.4 is 0 Å². The van der Waals surface area contributed by atoms with Crippen LogP contribution >= 0.6 is 15.9 Å². The van der Waals surface area contributed by atoms with E-state index in [0.29, 0.717) is 0 Å². The first-order valence-electron chi connectivity index (χ1n) is 5.34. The lowest BCUT2D eigenvalue weighted by atomic mass is 10.0. The number of hydrogen-bond acceptors (Lipinski definition) is 1. The molecule has 1 nitrogen and oxygen atoms in total. The van der Waals surface area contributed by atoms with E-state index in [1.165, 1.54) is 21.7 Å². The van der Waals surface area contributed by atoms with Gasteiger partial charge in [-0.05, 0) is 28.8 Å². The molecule has 0 radical (unpaired) electrons. The lowest BCUT2D eigenvalue weighted by molar-refractivity contribution is 0.611. The summed E-state index contributed by atoms with van der Waals surface area (Å²) in [4.78, 5) is 0. The smallest absolute Gasteiger partial charge is 0.134 e. The van der Waals surface area contributed by atoms with Gasteiger partial charge in [-0.2, -0.15) is 0 Å². The fourth-order valence-corrected chi connectivity index (χ4v) is 2.59. The third kappa shape index (κ3) is 1.45. The van der Waals surface area contributed by atoms with Gasteiger partial charge in [-0.25, -0.2) is 0 Å². The topological polar surface area (TPSA) is 13.1 Å². The number of alkyl halides is 1. The number of benzene rings is 2. The summed E-state index contributed by atoms with van der Waals surface area (Å²) in [6.07, 6.45) is 2.87. The molecular formula is C14H11BrO. The van der Waals surface area contributed by atoms with Crippen LogP contribution in [0.2, 0.25) is 0 Å². The molecule has 0 aliphatic rings. The van der Waals surface area contributed by atoms with Crippen LogP contribution in [0, 0.1) is 0 Å². The third-order valence-corrected chi connectivity index (χ3v) is 3.30. The molecule has 0 aliphatic carbocycles. The second kappa shape index (κ2) is 3.95. The summed E-state index contributed by atoms with van der Waals surface area (Å²) in [5.74, 6) is 0. The van der Waals surface area contributed by atoms with Crippen molar-refractivity contribution < 1.29 is 4.42 Å². The maximum atomic E-state index is 5.59. The maximum Gasteiger partial charge on any atom is 0.134 e. The van der Waals surface area contributed by atoms with Crippen LogP contribution in [-0.2, 0) is 6.42 Å². The van der Waals surface area contributed by atoms with Gasteiger partial charge in [-0.1, -0.05) is 46.3 Å². The summed E-state index contributed by atoms with van der Waals surface area (Å²) in [7, 11) is 0. The Morgan fingerprint density at radius 3 is 2.81 bits per heavy atom. The molecule has 0 saturated carbocycles. The zero-order chi connectivity index (χ0) is 11.0. The fraction of sp³-hybridized carbons (Fsp3) is 0.143. The largest absolute Gasteiger partial charge is 0.464 e. The lowest BCUT2D eigenvalue weighted by Crippen LogP contribution is -1.83. The van der Waals surface area contributed by atoms with Crippen molar-refractivity contribution in [2.75, 3.05) is 5.33 Å². The van der Waals surface area contributed by atoms with Crippen LogP contribution in [-0.4, -0.2) is 5.33 Å². The third-order valence-electron chi connectivity index (χ3n) is 2.90. The first kappa shape index (κ1) is 9.91. The van der Waals surface area contributed by atoms with Gasteiger partial charge >= 0.3 is 0 Å². The lowest BCUT2D eigenvalue weighted by Gasteiger charge is -2.00. The quantitative estimate of drug-likeness (QED) is 0.626. The maximum absolute atomic E-state index is 5.59. The van der Waals surface area contributed by atoms with Crippen LogP contribution in [0.25, 0.3) is 21.7 Å². The van der Waals surface area contributed by atoms with Crippen LogP contribution in [0.5, 0.6) is 0 Å². The van der Waals surface area contributed by atoms with Crippen molar-refractivity contribution in [1.29, 1.82) is 0 Å². The minimum Gasteiger partial charge on any atom is -0.464 e. The number of fused-ring (bicyclic) bond motifs is 3. The molecule has 0 bridgehead atoms. The van der Waals surface area contributed by atoms with Gasteiger partial charge in [0.25, 0.3) is 0 Å². The average molecular weight is 275 g/mol. The number of hydrogen-bond donors (Lipinski definition) is 0. The molecule has 2 aromatic carbocycles. The first-order chi connectivity index (χ1) is 7.90. The summed E-state index contributed by atoms with van der Waals surface area (Å²) < 4.78 is 5.59. The Bertz CT molecular complexity index is 639. The van der Waals surface area contributed by atoms with Crippen LogP contribution in [0.4, 0.5) is 0 Å². The minimum atomic E-state index is 0.963. The minimum absolute atomic E-state index is 0.963. The molecule has 0 N–H and O–H groups in total. The predicted octanol–water partition coefficient (Wildman–Crippen LogP) is 4.52. The molecule has 1 aromatic heterocycles. The summed E-state index contributed by atoms with van der Waals surface area (Å²) >= 11 is 3.48. The van der Waals surface area contributed by atoms with E-state index in [1.807, 2.05) is 6.26 Å². The van der Waals surface area contributed by atoms with E-state index in [1.54, 1.807) is 0 Å². The van der Waals surface area contributed by atoms with Gasteiger partial charge in [0, 0.05) is 10.7 Å². The Labute approximate surface area is 102 Å². The second-order valence-electron chi connectivity index (χ2n) is 3.86. The summed E-state index contributed by atoms with van der Waals surface area (Å²) in [5, 5.41) is 4.78. The van der Waals surface area contributed by atoms with Crippen molar-refractivity contribution in [2.45, 2.75) is 6.42 Å². The molecule has 0 unspecified atom stereocenters. The van der Waals surface area contributed by atoms with Gasteiger partial charge in [0.2, 0.25) is 0 Å². The van der Waals surface area contributed by atoms with Crippen LogP contribution in [0.1, 0.15) is 5.56 Å². The van der Waals surface area contributed by atoms with E-state index in [9.17, 15) is 0 Å². The zero-order valence-electron chi connectivity index (χ0n) is 8.74. The highest BCUT2D eigenvalue weighted by molar-refractivity contribution is 9.09. The second-order valence-corrected chi connectivity index (χ2v) is 4.65. The molecule has 0 atom stereocenters. The van der Waals surface area contributed by atoms with Gasteiger partial charge in [0.1, 0.15) is 5.58 Å². The van der Waals surface area contributed by atoms with E-state index >= 15 is 0 Å². The highest BCUT2D eigenvalue weighted by Crippen LogP contribution is 2.30. The Hall–Kier alpha value is -1.28. The molecular weight excluding hydrogens is 264 g/mol. The molecule has 0 spiro atoms. The summed E-state index contributed by atoms with van der Waals surface area (Å²) in [6.45, 7) is 0. The highest BCUT2D eigenvalue weighted by Gasteiger charge is 2.08. The van der Waals surface area contributed by atoms with Gasteiger partial charge in [-0.15, -0.1) is 0 Å². The van der Waals surface area contributed by atoms with E-state index < -0.39 is 0 Å². The molecule has 0 aliphatic heterocycles. The molecule has 2 heteroatoms. The van der Waals surface area contributed by atoms with Crippen molar-refractivity contribution in [3.8, 4) is 0 Å². The highest BCUT2D eigenvalue weighted by atomic mass is 79.9. The van der Waals surface area contributed by atoms with Crippen molar-refractivity contribution in [3.63, 3.8) is 0 Å². The van der Waals surface area contributed by atoms with Crippen molar-refractivity contribution in [1.82, 2.24) is 0 Å².